The largest absolute Gasteiger partial charge is 0.487 e. The SMILES string of the molecule is CCOc1c(C=Nn2c([C@H](C)CC)nc3ccc(Br)cc3c2=O)cc(Br)cc1[N+](=O)[O-]. The number of fused-ring (bicyclic) bond motifs is 1. The maximum atomic E-state index is 13.2. The smallest absolute Gasteiger partial charge is 0.312 e. The quantitative estimate of drug-likeness (QED) is 0.215. The number of hydrogen-bond acceptors (Lipinski definition) is 6. The van der Waals surface area contributed by atoms with Gasteiger partial charge in [-0.1, -0.05) is 45.7 Å². The molecule has 3 aromatic rings. The Morgan fingerprint density at radius 2 is 2.00 bits per heavy atom. The predicted octanol–water partition coefficient (Wildman–Crippen LogP) is 5.62. The van der Waals surface area contributed by atoms with Gasteiger partial charge in [0.25, 0.3) is 5.56 Å². The Balaban J connectivity index is 2.25. The van der Waals surface area contributed by atoms with Crippen LogP contribution in [0.5, 0.6) is 5.75 Å². The molecule has 0 aliphatic rings. The van der Waals surface area contributed by atoms with Crippen molar-refractivity contribution in [1.29, 1.82) is 0 Å². The van der Waals surface area contributed by atoms with Gasteiger partial charge in [-0.25, -0.2) is 4.98 Å². The van der Waals surface area contributed by atoms with Gasteiger partial charge < -0.3 is 4.74 Å². The van der Waals surface area contributed by atoms with Crippen LogP contribution in [0.1, 0.15) is 44.5 Å². The Morgan fingerprint density at radius 1 is 1.26 bits per heavy atom. The summed E-state index contributed by atoms with van der Waals surface area (Å²) in [5, 5.41) is 16.3. The van der Waals surface area contributed by atoms with Gasteiger partial charge in [0.15, 0.2) is 0 Å². The second kappa shape index (κ2) is 9.69. The Morgan fingerprint density at radius 3 is 2.65 bits per heavy atom. The number of hydrogen-bond donors (Lipinski definition) is 0. The van der Waals surface area contributed by atoms with Gasteiger partial charge in [0.05, 0.1) is 28.6 Å². The second-order valence-electron chi connectivity index (χ2n) is 6.84. The number of rotatable bonds is 7. The van der Waals surface area contributed by atoms with Crippen LogP contribution in [-0.4, -0.2) is 27.4 Å². The van der Waals surface area contributed by atoms with Crippen LogP contribution in [0.25, 0.3) is 10.9 Å². The zero-order valence-corrected chi connectivity index (χ0v) is 20.3. The van der Waals surface area contributed by atoms with Crippen molar-refractivity contribution in [2.75, 3.05) is 6.61 Å². The van der Waals surface area contributed by atoms with Crippen molar-refractivity contribution in [1.82, 2.24) is 9.66 Å². The standard InChI is InChI=1S/C21H20Br2N4O4/c1-4-12(3)20-25-17-7-6-14(22)9-16(17)21(28)26(20)24-11-13-8-15(23)10-18(27(29)30)19(13)31-5-2/h6-12H,4-5H2,1-3H3/t12-/m1/s1. The van der Waals surface area contributed by atoms with E-state index < -0.39 is 4.92 Å². The van der Waals surface area contributed by atoms with Crippen LogP contribution < -0.4 is 10.3 Å². The van der Waals surface area contributed by atoms with Crippen LogP contribution in [0.4, 0.5) is 5.69 Å². The number of halogens is 2. The molecule has 0 saturated heterocycles. The molecule has 31 heavy (non-hydrogen) atoms. The highest BCUT2D eigenvalue weighted by Crippen LogP contribution is 2.34. The molecule has 0 spiro atoms. The van der Waals surface area contributed by atoms with E-state index in [0.29, 0.717) is 26.8 Å². The van der Waals surface area contributed by atoms with E-state index in [0.717, 1.165) is 10.9 Å². The molecule has 1 atom stereocenters. The number of nitro groups is 1. The molecule has 0 fully saturated rings. The molecule has 0 aliphatic heterocycles. The fourth-order valence-corrected chi connectivity index (χ4v) is 3.86. The molecule has 10 heteroatoms. The molecule has 0 saturated carbocycles. The molecule has 0 radical (unpaired) electrons. The molecule has 0 unspecified atom stereocenters. The lowest BCUT2D eigenvalue weighted by molar-refractivity contribution is -0.385. The molecule has 162 valence electrons. The van der Waals surface area contributed by atoms with Crippen LogP contribution >= 0.6 is 31.9 Å². The normalized spacial score (nSPS) is 12.4. The highest BCUT2D eigenvalue weighted by Gasteiger charge is 2.21. The molecule has 0 aliphatic carbocycles. The van der Waals surface area contributed by atoms with Gasteiger partial charge >= 0.3 is 5.69 Å². The first-order chi connectivity index (χ1) is 14.8. The monoisotopic (exact) mass is 550 g/mol. The van der Waals surface area contributed by atoms with E-state index in [1.807, 2.05) is 19.9 Å². The third-order valence-corrected chi connectivity index (χ3v) is 5.70. The van der Waals surface area contributed by atoms with E-state index >= 15 is 0 Å². The molecule has 1 heterocycles. The molecular weight excluding hydrogens is 532 g/mol. The summed E-state index contributed by atoms with van der Waals surface area (Å²) in [4.78, 5) is 28.9. The maximum absolute atomic E-state index is 13.2. The minimum Gasteiger partial charge on any atom is -0.487 e. The van der Waals surface area contributed by atoms with Crippen molar-refractivity contribution >= 4 is 54.7 Å². The summed E-state index contributed by atoms with van der Waals surface area (Å²) >= 11 is 6.67. The molecule has 3 rings (SSSR count). The molecule has 8 nitrogen and oxygen atoms in total. The van der Waals surface area contributed by atoms with E-state index in [9.17, 15) is 14.9 Å². The summed E-state index contributed by atoms with van der Waals surface area (Å²) in [6, 6.07) is 8.34. The van der Waals surface area contributed by atoms with Gasteiger partial charge in [0.1, 0.15) is 5.82 Å². The van der Waals surface area contributed by atoms with Crippen molar-refractivity contribution in [3.8, 4) is 5.75 Å². The summed E-state index contributed by atoms with van der Waals surface area (Å²) < 4.78 is 8.04. The van der Waals surface area contributed by atoms with E-state index in [-0.39, 0.29) is 29.5 Å². The summed E-state index contributed by atoms with van der Waals surface area (Å²) in [5.74, 6) is 0.580. The molecule has 1 aromatic heterocycles. The average molecular weight is 552 g/mol. The van der Waals surface area contributed by atoms with Crippen LogP contribution in [0, 0.1) is 10.1 Å². The van der Waals surface area contributed by atoms with Gasteiger partial charge in [-0.3, -0.25) is 14.9 Å². The van der Waals surface area contributed by atoms with Crippen LogP contribution in [0.2, 0.25) is 0 Å². The minimum atomic E-state index is -0.515. The summed E-state index contributed by atoms with van der Waals surface area (Å²) in [5.41, 5.74) is 0.454. The Kier molecular flexibility index (Phi) is 7.22. The Hall–Kier alpha value is -2.59. The van der Waals surface area contributed by atoms with Crippen molar-refractivity contribution in [3.63, 3.8) is 0 Å². The van der Waals surface area contributed by atoms with Gasteiger partial charge in [0.2, 0.25) is 5.75 Å². The lowest BCUT2D eigenvalue weighted by atomic mass is 10.1. The Bertz CT molecular complexity index is 1240. The number of nitrogens with zero attached hydrogens (tertiary/aromatic N) is 4. The summed E-state index contributed by atoms with van der Waals surface area (Å²) in [6.07, 6.45) is 2.15. The molecule has 2 aromatic carbocycles. The highest BCUT2D eigenvalue weighted by atomic mass is 79.9. The third kappa shape index (κ3) is 4.85. The van der Waals surface area contributed by atoms with E-state index in [1.165, 1.54) is 17.0 Å². The van der Waals surface area contributed by atoms with E-state index in [1.54, 1.807) is 25.1 Å². The zero-order chi connectivity index (χ0) is 22.7. The van der Waals surface area contributed by atoms with Crippen LogP contribution in [0.3, 0.4) is 0 Å². The first-order valence-corrected chi connectivity index (χ1v) is 11.2. The lowest BCUT2D eigenvalue weighted by Gasteiger charge is -2.14. The Labute approximate surface area is 195 Å². The number of ether oxygens (including phenoxy) is 1. The van der Waals surface area contributed by atoms with Crippen molar-refractivity contribution in [3.05, 3.63) is 71.1 Å². The highest BCUT2D eigenvalue weighted by molar-refractivity contribution is 9.10. The third-order valence-electron chi connectivity index (χ3n) is 4.75. The van der Waals surface area contributed by atoms with Crippen molar-refractivity contribution in [2.45, 2.75) is 33.1 Å². The topological polar surface area (TPSA) is 99.6 Å². The molecular formula is C21H20Br2N4O4. The second-order valence-corrected chi connectivity index (χ2v) is 8.67. The molecule has 0 bridgehead atoms. The molecule has 0 N–H and O–H groups in total. The van der Waals surface area contributed by atoms with Crippen LogP contribution in [0.15, 0.2) is 49.2 Å². The van der Waals surface area contributed by atoms with Gasteiger partial charge in [-0.2, -0.15) is 9.78 Å². The van der Waals surface area contributed by atoms with Crippen LogP contribution in [-0.2, 0) is 0 Å². The fourth-order valence-electron chi connectivity index (χ4n) is 3.03. The van der Waals surface area contributed by atoms with Crippen molar-refractivity contribution in [2.24, 2.45) is 5.10 Å². The predicted molar refractivity (Wildman–Crippen MR) is 127 cm³/mol. The number of nitro benzene ring substituents is 1. The first-order valence-electron chi connectivity index (χ1n) is 9.64. The van der Waals surface area contributed by atoms with Gasteiger partial charge in [-0.15, -0.1) is 0 Å². The lowest BCUT2D eigenvalue weighted by Crippen LogP contribution is -2.23. The summed E-state index contributed by atoms with van der Waals surface area (Å²) in [7, 11) is 0. The van der Waals surface area contributed by atoms with Gasteiger partial charge in [-0.05, 0) is 37.6 Å². The zero-order valence-electron chi connectivity index (χ0n) is 17.1. The van der Waals surface area contributed by atoms with Crippen molar-refractivity contribution < 1.29 is 9.66 Å². The fraction of sp³-hybridized carbons (Fsp3) is 0.286. The van der Waals surface area contributed by atoms with E-state index in [2.05, 4.69) is 41.9 Å². The number of benzene rings is 2. The maximum Gasteiger partial charge on any atom is 0.312 e. The minimum absolute atomic E-state index is 0.0268. The summed E-state index contributed by atoms with van der Waals surface area (Å²) in [6.45, 7) is 5.95. The number of aromatic nitrogens is 2. The van der Waals surface area contributed by atoms with Gasteiger partial charge in [0, 0.05) is 26.5 Å². The van der Waals surface area contributed by atoms with E-state index in [4.69, 9.17) is 4.74 Å². The molecule has 0 amide bonds. The average Bonchev–Trinajstić information content (AvgIpc) is 2.74. The first kappa shape index (κ1) is 23.1.